The third-order valence-corrected chi connectivity index (χ3v) is 17.9. The Morgan fingerprint density at radius 3 is 0.458 bits per heavy atom. The molecular formula is C72H38N20RuS3+2. The molecule has 0 atom stereocenters. The minimum absolute atomic E-state index is 0. The monoisotopic (exact) mass is 1380 g/mol. The number of hydrogen-bond donors (Lipinski definition) is 0. The summed E-state index contributed by atoms with van der Waals surface area (Å²) in [7, 11) is 0. The Morgan fingerprint density at radius 2 is 0.302 bits per heavy atom. The predicted octanol–water partition coefficient (Wildman–Crippen LogP) is 16.1. The molecule has 0 bridgehead atoms. The van der Waals surface area contributed by atoms with Gasteiger partial charge in [-0.15, -0.1) is 0 Å². The molecule has 0 fully saturated rings. The molecule has 0 spiro atoms. The summed E-state index contributed by atoms with van der Waals surface area (Å²) in [6, 6.07) is 55.2. The third kappa shape index (κ3) is 9.80. The third-order valence-electron chi connectivity index (χ3n) is 16.4. The van der Waals surface area contributed by atoms with Crippen molar-refractivity contribution < 1.29 is 19.5 Å². The fourth-order valence-corrected chi connectivity index (χ4v) is 13.9. The van der Waals surface area contributed by atoms with Crippen molar-refractivity contribution in [1.82, 2.24) is 96.0 Å². The normalized spacial score (nSPS) is 11.5. The van der Waals surface area contributed by atoms with Gasteiger partial charge in [-0.3, -0.25) is 49.8 Å². The first-order valence-corrected chi connectivity index (χ1v) is 31.9. The largest absolute Gasteiger partial charge is 2.00 e. The Hall–Kier alpha value is -12.1. The number of rotatable bonds is 0. The smallest absolute Gasteiger partial charge is 0.254 e. The summed E-state index contributed by atoms with van der Waals surface area (Å²) in [4.78, 5) is 63.8. The van der Waals surface area contributed by atoms with E-state index >= 15 is 0 Å². The van der Waals surface area contributed by atoms with Crippen molar-refractivity contribution in [3.63, 3.8) is 0 Å². The van der Waals surface area contributed by atoms with Crippen molar-refractivity contribution in [2.75, 3.05) is 0 Å². The van der Waals surface area contributed by atoms with E-state index in [0.717, 1.165) is 186 Å². The topological polar surface area (TPSA) is 258 Å². The van der Waals surface area contributed by atoms with Crippen molar-refractivity contribution in [2.24, 2.45) is 0 Å². The van der Waals surface area contributed by atoms with E-state index in [-0.39, 0.29) is 19.5 Å². The zero-order valence-corrected chi connectivity index (χ0v) is 53.6. The molecule has 0 N–H and O–H groups in total. The molecule has 24 heteroatoms. The Bertz CT molecular complexity index is 5890. The number of aromatic nitrogens is 20. The van der Waals surface area contributed by atoms with Gasteiger partial charge < -0.3 is 0 Å². The number of pyridine rings is 10. The van der Waals surface area contributed by atoms with Gasteiger partial charge in [0.05, 0.1) is 134 Å². The van der Waals surface area contributed by atoms with Crippen LogP contribution in [0.4, 0.5) is 0 Å². The van der Waals surface area contributed by atoms with E-state index in [1.165, 1.54) is 35.2 Å². The van der Waals surface area contributed by atoms with Crippen LogP contribution in [0.5, 0.6) is 0 Å². The summed E-state index contributed by atoms with van der Waals surface area (Å²) in [5, 5.41) is 10.0. The van der Waals surface area contributed by atoms with Gasteiger partial charge in [-0.05, 0) is 146 Å². The standard InChI is InChI=1S/2C18H10N4.3C12H6N4S.Ru/c2*1-2-8-14-13(7-1)21-17-11-5-3-9-19-15(11)16-12(18(17)22-14)6-4-10-20-16;3*1-3-7-9(13-5-1)10-8(4-2-6-14-10)12-11(7)15-17-16-12;/h2*1-10H;3*1-6H;/q;;;;;+2. The molecular weight excluding hydrogens is 1340 g/mol. The van der Waals surface area contributed by atoms with E-state index in [4.69, 9.17) is 19.9 Å². The van der Waals surface area contributed by atoms with Crippen LogP contribution >= 0.6 is 35.2 Å². The quantitative estimate of drug-likeness (QED) is 0.0776. The Balaban J connectivity index is 0.0000000910. The summed E-state index contributed by atoms with van der Waals surface area (Å²) < 4.78 is 26.2. The molecule has 0 saturated carbocycles. The van der Waals surface area contributed by atoms with E-state index in [0.29, 0.717) is 0 Å². The van der Waals surface area contributed by atoms with Crippen LogP contribution in [0.25, 0.3) is 186 Å². The zero-order valence-electron chi connectivity index (χ0n) is 49.5. The first kappa shape index (κ1) is 57.8. The molecule has 0 aliphatic rings. The molecule has 0 saturated heterocycles. The minimum atomic E-state index is 0. The summed E-state index contributed by atoms with van der Waals surface area (Å²) in [5.74, 6) is 0. The van der Waals surface area contributed by atoms with Crippen LogP contribution in [0.2, 0.25) is 0 Å². The van der Waals surface area contributed by atoms with Crippen LogP contribution in [0.3, 0.4) is 0 Å². The Kier molecular flexibility index (Phi) is 14.7. The van der Waals surface area contributed by atoms with Crippen molar-refractivity contribution in [3.05, 3.63) is 232 Å². The molecule has 0 unspecified atom stereocenters. The first-order valence-electron chi connectivity index (χ1n) is 29.8. The second kappa shape index (κ2) is 24.4. The molecule has 0 aliphatic heterocycles. The van der Waals surface area contributed by atoms with Crippen molar-refractivity contribution in [2.45, 2.75) is 0 Å². The van der Waals surface area contributed by atoms with E-state index in [1.807, 2.05) is 170 Å². The van der Waals surface area contributed by atoms with Gasteiger partial charge in [0.25, 0.3) is 0 Å². The fraction of sp³-hybridized carbons (Fsp3) is 0. The average Bonchev–Trinajstić information content (AvgIpc) is 1.34. The van der Waals surface area contributed by atoms with E-state index in [9.17, 15) is 0 Å². The number of fused-ring (bicyclic) bond motifs is 32. The molecule has 0 aliphatic carbocycles. The van der Waals surface area contributed by atoms with Crippen LogP contribution in [0.15, 0.2) is 232 Å². The van der Waals surface area contributed by atoms with Gasteiger partial charge in [-0.1, -0.05) is 24.3 Å². The second-order valence-electron chi connectivity index (χ2n) is 21.7. The van der Waals surface area contributed by atoms with Gasteiger partial charge in [0.15, 0.2) is 0 Å². The fourth-order valence-electron chi connectivity index (χ4n) is 12.2. The molecule has 15 heterocycles. The summed E-state index contributed by atoms with van der Waals surface area (Å²) in [6.45, 7) is 0. The number of nitrogens with zero attached hydrogens (tertiary/aromatic N) is 20. The first-order chi connectivity index (χ1) is 47.2. The number of benzene rings is 7. The maximum atomic E-state index is 4.83. The minimum Gasteiger partial charge on any atom is -0.254 e. The number of hydrogen-bond acceptors (Lipinski definition) is 23. The molecule has 22 aromatic rings. The van der Waals surface area contributed by atoms with Gasteiger partial charge in [-0.2, -0.15) is 26.2 Å². The van der Waals surface area contributed by atoms with E-state index < -0.39 is 0 Å². The predicted molar refractivity (Wildman–Crippen MR) is 379 cm³/mol. The average molecular weight is 1380 g/mol. The van der Waals surface area contributed by atoms with Crippen molar-refractivity contribution >= 4 is 221 Å². The Labute approximate surface area is 564 Å². The van der Waals surface area contributed by atoms with Gasteiger partial charge in [0.2, 0.25) is 0 Å². The SMILES string of the molecule is [Ru+2].c1ccc2nc3c4cccnc4c4ncccc4c3nc2c1.c1ccc2nc3c4cccnc4c4ncccc4c3nc2c1.c1cnc2c(c1)c1nsnc1c1cccnc12.c1cnc2c(c1)c1nsnc1c1cccnc12.c1cnc2c(c1)c1nsnc1c1cccnc12. The molecule has 0 radical (unpaired) electrons. The molecule has 20 nitrogen and oxygen atoms in total. The van der Waals surface area contributed by atoms with Crippen molar-refractivity contribution in [1.29, 1.82) is 0 Å². The summed E-state index contributed by atoms with van der Waals surface area (Å²) in [6.07, 6.45) is 17.8. The Morgan fingerprint density at radius 1 is 0.156 bits per heavy atom. The molecule has 22 rings (SSSR count). The summed E-state index contributed by atoms with van der Waals surface area (Å²) in [5.41, 5.74) is 21.4. The summed E-state index contributed by atoms with van der Waals surface area (Å²) >= 11 is 3.68. The van der Waals surface area contributed by atoms with Crippen LogP contribution in [0, 0.1) is 0 Å². The van der Waals surface area contributed by atoms with Gasteiger partial charge in [0.1, 0.15) is 33.1 Å². The maximum absolute atomic E-state index is 4.83. The molecule has 7 aromatic carbocycles. The molecule has 450 valence electrons. The molecule has 96 heavy (non-hydrogen) atoms. The van der Waals surface area contributed by atoms with Crippen LogP contribution in [-0.2, 0) is 19.5 Å². The van der Waals surface area contributed by atoms with Gasteiger partial charge in [0, 0.05) is 116 Å². The van der Waals surface area contributed by atoms with Gasteiger partial charge in [-0.25, -0.2) is 19.9 Å². The molecule has 15 aromatic heterocycles. The van der Waals surface area contributed by atoms with E-state index in [1.54, 1.807) is 62.0 Å². The van der Waals surface area contributed by atoms with E-state index in [2.05, 4.69) is 76.1 Å². The number of para-hydroxylation sites is 4. The zero-order chi connectivity index (χ0) is 62.8. The molecule has 0 amide bonds. The van der Waals surface area contributed by atoms with Crippen LogP contribution in [0.1, 0.15) is 0 Å². The second-order valence-corrected chi connectivity index (χ2v) is 23.3. The van der Waals surface area contributed by atoms with Crippen LogP contribution < -0.4 is 0 Å². The van der Waals surface area contributed by atoms with Crippen LogP contribution in [-0.4, -0.2) is 96.0 Å². The van der Waals surface area contributed by atoms with Gasteiger partial charge >= 0.3 is 19.5 Å². The maximum Gasteiger partial charge on any atom is 2.00 e. The van der Waals surface area contributed by atoms with Crippen molar-refractivity contribution in [3.8, 4) is 0 Å².